The minimum Gasteiger partial charge on any atom is -0.395 e. The number of carbonyl (C=O) groups excluding carboxylic acids is 1. The number of nitrogens with one attached hydrogen (secondary N) is 1. The zero-order valence-corrected chi connectivity index (χ0v) is 16.5. The number of nitrogens with zero attached hydrogens (tertiary/aromatic N) is 2. The maximum atomic E-state index is 13.8. The summed E-state index contributed by atoms with van der Waals surface area (Å²) in [5.74, 6) is -0.971. The van der Waals surface area contributed by atoms with Gasteiger partial charge in [0.15, 0.2) is 11.5 Å². The van der Waals surface area contributed by atoms with E-state index in [0.717, 1.165) is 5.56 Å². The smallest absolute Gasteiger partial charge is 0.395 e. The predicted molar refractivity (Wildman–Crippen MR) is 110 cm³/mol. The Kier molecular flexibility index (Phi) is 4.73. The zero-order chi connectivity index (χ0) is 22.3. The molecule has 162 valence electrons. The van der Waals surface area contributed by atoms with Gasteiger partial charge >= 0.3 is 12.3 Å². The molecule has 0 aliphatic carbocycles. The van der Waals surface area contributed by atoms with Gasteiger partial charge < -0.3 is 14.8 Å². The van der Waals surface area contributed by atoms with E-state index in [1.165, 1.54) is 35.3 Å². The van der Waals surface area contributed by atoms with Crippen molar-refractivity contribution in [2.45, 2.75) is 12.2 Å². The number of benzene rings is 3. The number of urea groups is 1. The highest BCUT2D eigenvalue weighted by molar-refractivity contribution is 6.07. The number of alkyl halides is 2. The Morgan fingerprint density at radius 1 is 1.00 bits per heavy atom. The number of fused-ring (bicyclic) bond motifs is 1. The van der Waals surface area contributed by atoms with Gasteiger partial charge in [0.1, 0.15) is 5.82 Å². The largest absolute Gasteiger partial charge is 0.586 e. The summed E-state index contributed by atoms with van der Waals surface area (Å²) < 4.78 is 49.1. The van der Waals surface area contributed by atoms with E-state index in [9.17, 15) is 18.0 Å². The fourth-order valence-electron chi connectivity index (χ4n) is 3.70. The Hall–Kier alpha value is -4.01. The van der Waals surface area contributed by atoms with Crippen LogP contribution in [0.2, 0.25) is 0 Å². The third kappa shape index (κ3) is 3.84. The topological polar surface area (TPSA) is 63.2 Å². The number of rotatable bonds is 3. The fourth-order valence-corrected chi connectivity index (χ4v) is 3.70. The molecule has 2 aliphatic heterocycles. The van der Waals surface area contributed by atoms with E-state index >= 15 is 0 Å². The Balaban J connectivity index is 1.40. The Labute approximate surface area is 180 Å². The van der Waals surface area contributed by atoms with Crippen molar-refractivity contribution in [3.8, 4) is 11.5 Å². The summed E-state index contributed by atoms with van der Waals surface area (Å²) in [6.07, 6.45) is -3.74. The molecule has 0 bridgehead atoms. The highest BCUT2D eigenvalue weighted by atomic mass is 19.3. The number of hydrazone groups is 1. The monoisotopic (exact) mass is 439 g/mol. The van der Waals surface area contributed by atoms with Gasteiger partial charge in [-0.1, -0.05) is 42.5 Å². The molecule has 3 aromatic carbocycles. The summed E-state index contributed by atoms with van der Waals surface area (Å²) in [5.41, 5.74) is 2.28. The first-order chi connectivity index (χ1) is 15.4. The molecule has 3 aromatic rings. The lowest BCUT2D eigenvalue weighted by Gasteiger charge is -2.16. The lowest BCUT2D eigenvalue weighted by molar-refractivity contribution is -0.286. The van der Waals surface area contributed by atoms with Gasteiger partial charge in [0.2, 0.25) is 0 Å². The maximum Gasteiger partial charge on any atom is 0.586 e. The maximum absolute atomic E-state index is 13.8. The van der Waals surface area contributed by atoms with Gasteiger partial charge in [-0.15, -0.1) is 8.78 Å². The van der Waals surface area contributed by atoms with Crippen LogP contribution in [0.4, 0.5) is 23.7 Å². The summed E-state index contributed by atoms with van der Waals surface area (Å²) in [6, 6.07) is 18.9. The molecular formula is C23H16F3N3O3. The molecule has 2 heterocycles. The number of halogens is 3. The molecule has 0 spiro atoms. The standard InChI is InChI=1S/C23H16F3N3O3/c24-16-8-4-7-15(11-16)21-18(14-5-2-1-3-6-14)13-29(28-21)22(30)27-17-9-10-19-20(12-17)32-23(25,26)31-19/h1-12,18H,13H2,(H,27,30). The van der Waals surface area contributed by atoms with Gasteiger partial charge in [-0.2, -0.15) is 5.10 Å². The van der Waals surface area contributed by atoms with E-state index < -0.39 is 18.1 Å². The van der Waals surface area contributed by atoms with E-state index in [4.69, 9.17) is 0 Å². The van der Waals surface area contributed by atoms with E-state index in [-0.39, 0.29) is 29.6 Å². The van der Waals surface area contributed by atoms with Crippen LogP contribution in [0.25, 0.3) is 0 Å². The molecule has 1 unspecified atom stereocenters. The van der Waals surface area contributed by atoms with Crippen molar-refractivity contribution in [3.05, 3.63) is 89.7 Å². The Morgan fingerprint density at radius 2 is 1.78 bits per heavy atom. The van der Waals surface area contributed by atoms with Gasteiger partial charge in [0, 0.05) is 23.2 Å². The lowest BCUT2D eigenvalue weighted by Crippen LogP contribution is -2.30. The van der Waals surface area contributed by atoms with Crippen LogP contribution in [-0.2, 0) is 0 Å². The van der Waals surface area contributed by atoms with Crippen LogP contribution in [0.1, 0.15) is 17.0 Å². The number of ether oxygens (including phenoxy) is 2. The van der Waals surface area contributed by atoms with Gasteiger partial charge in [0.05, 0.1) is 12.3 Å². The lowest BCUT2D eigenvalue weighted by atomic mass is 9.90. The summed E-state index contributed by atoms with van der Waals surface area (Å²) >= 11 is 0. The molecule has 0 fully saturated rings. The second kappa shape index (κ2) is 7.60. The summed E-state index contributed by atoms with van der Waals surface area (Å²) in [5, 5.41) is 8.30. The fraction of sp³-hybridized carbons (Fsp3) is 0.130. The van der Waals surface area contributed by atoms with Crippen molar-refractivity contribution in [1.82, 2.24) is 5.01 Å². The van der Waals surface area contributed by atoms with Crippen LogP contribution in [0.5, 0.6) is 11.5 Å². The first kappa shape index (κ1) is 19.9. The third-order valence-corrected chi connectivity index (χ3v) is 5.12. The van der Waals surface area contributed by atoms with E-state index in [1.54, 1.807) is 12.1 Å². The minimum absolute atomic E-state index is 0.121. The highest BCUT2D eigenvalue weighted by Crippen LogP contribution is 2.42. The van der Waals surface area contributed by atoms with Crippen molar-refractivity contribution in [1.29, 1.82) is 0 Å². The van der Waals surface area contributed by atoms with Crippen LogP contribution in [-0.4, -0.2) is 29.6 Å². The van der Waals surface area contributed by atoms with E-state index in [0.29, 0.717) is 11.3 Å². The first-order valence-corrected chi connectivity index (χ1v) is 9.76. The third-order valence-electron chi connectivity index (χ3n) is 5.12. The van der Waals surface area contributed by atoms with Crippen LogP contribution < -0.4 is 14.8 Å². The number of amides is 2. The van der Waals surface area contributed by atoms with Gasteiger partial charge in [-0.05, 0) is 29.8 Å². The molecule has 5 rings (SSSR count). The molecule has 2 aliphatic rings. The average molecular weight is 439 g/mol. The molecule has 1 atom stereocenters. The van der Waals surface area contributed by atoms with E-state index in [1.807, 2.05) is 30.3 Å². The normalized spacial score (nSPS) is 18.4. The molecule has 0 saturated heterocycles. The summed E-state index contributed by atoms with van der Waals surface area (Å²) in [6.45, 7) is 0.227. The van der Waals surface area contributed by atoms with Gasteiger partial charge in [-0.25, -0.2) is 14.2 Å². The van der Waals surface area contributed by atoms with E-state index in [2.05, 4.69) is 19.9 Å². The van der Waals surface area contributed by atoms with Gasteiger partial charge in [0.25, 0.3) is 0 Å². The molecular weight excluding hydrogens is 423 g/mol. The second-order valence-electron chi connectivity index (χ2n) is 7.30. The van der Waals surface area contributed by atoms with Crippen molar-refractivity contribution in [2.24, 2.45) is 5.10 Å². The zero-order valence-electron chi connectivity index (χ0n) is 16.5. The molecule has 1 N–H and O–H groups in total. The summed E-state index contributed by atoms with van der Waals surface area (Å²) in [4.78, 5) is 12.9. The van der Waals surface area contributed by atoms with Crippen molar-refractivity contribution < 1.29 is 27.4 Å². The number of carbonyl (C=O) groups is 1. The highest BCUT2D eigenvalue weighted by Gasteiger charge is 2.43. The molecule has 0 aromatic heterocycles. The minimum atomic E-state index is -3.74. The number of anilines is 1. The Bertz CT molecular complexity index is 1220. The number of hydrogen-bond acceptors (Lipinski definition) is 4. The summed E-state index contributed by atoms with van der Waals surface area (Å²) in [7, 11) is 0. The molecule has 9 heteroatoms. The van der Waals surface area contributed by atoms with Gasteiger partial charge in [-0.3, -0.25) is 0 Å². The number of hydrogen-bond donors (Lipinski definition) is 1. The van der Waals surface area contributed by atoms with Crippen molar-refractivity contribution >= 4 is 17.4 Å². The Morgan fingerprint density at radius 3 is 2.56 bits per heavy atom. The molecule has 0 saturated carbocycles. The molecule has 0 radical (unpaired) electrons. The molecule has 6 nitrogen and oxygen atoms in total. The predicted octanol–water partition coefficient (Wildman–Crippen LogP) is 5.18. The molecule has 2 amide bonds. The van der Waals surface area contributed by atoms with Crippen LogP contribution in [0, 0.1) is 5.82 Å². The SMILES string of the molecule is O=C(Nc1ccc2c(c1)OC(F)(F)O2)N1CC(c2ccccc2)C(c2cccc(F)c2)=N1. The second-order valence-corrected chi connectivity index (χ2v) is 7.30. The van der Waals surface area contributed by atoms with Crippen LogP contribution in [0.3, 0.4) is 0 Å². The first-order valence-electron chi connectivity index (χ1n) is 9.76. The quantitative estimate of drug-likeness (QED) is 0.612. The average Bonchev–Trinajstić information content (AvgIpc) is 3.34. The van der Waals surface area contributed by atoms with Crippen LogP contribution >= 0.6 is 0 Å². The van der Waals surface area contributed by atoms with Crippen LogP contribution in [0.15, 0.2) is 77.9 Å². The molecule has 32 heavy (non-hydrogen) atoms. The van der Waals surface area contributed by atoms with Crippen molar-refractivity contribution in [3.63, 3.8) is 0 Å². The van der Waals surface area contributed by atoms with Crippen molar-refractivity contribution in [2.75, 3.05) is 11.9 Å².